The first-order valence-electron chi connectivity index (χ1n) is 5.91. The molecule has 1 aromatic carbocycles. The van der Waals surface area contributed by atoms with Gasteiger partial charge in [0.1, 0.15) is 0 Å². The molecule has 0 fully saturated rings. The van der Waals surface area contributed by atoms with Gasteiger partial charge in [0.05, 0.1) is 0 Å². The molecular formula is C14H23N. The normalized spacial score (nSPS) is 15.3. The highest BCUT2D eigenvalue weighted by Crippen LogP contribution is 2.23. The predicted octanol–water partition coefficient (Wildman–Crippen LogP) is 3.86. The van der Waals surface area contributed by atoms with E-state index in [1.807, 2.05) is 0 Å². The zero-order valence-electron chi connectivity index (χ0n) is 10.3. The van der Waals surface area contributed by atoms with Gasteiger partial charge in [0.2, 0.25) is 0 Å². The summed E-state index contributed by atoms with van der Waals surface area (Å²) in [6.45, 7) is 8.82. The van der Waals surface area contributed by atoms with Crippen molar-refractivity contribution in [3.05, 3.63) is 35.4 Å². The largest absolute Gasteiger partial charge is 0.324 e. The van der Waals surface area contributed by atoms with Crippen LogP contribution in [0.25, 0.3) is 0 Å². The van der Waals surface area contributed by atoms with E-state index in [0.717, 1.165) is 6.42 Å². The number of rotatable bonds is 4. The Morgan fingerprint density at radius 1 is 1.00 bits per heavy atom. The summed E-state index contributed by atoms with van der Waals surface area (Å²) < 4.78 is 0. The summed E-state index contributed by atoms with van der Waals surface area (Å²) in [5.74, 6) is 1.15. The molecule has 0 aliphatic heterocycles. The van der Waals surface area contributed by atoms with Crippen molar-refractivity contribution in [2.45, 2.75) is 46.1 Å². The monoisotopic (exact) mass is 205 g/mol. The Bertz CT molecular complexity index is 287. The maximum atomic E-state index is 6.18. The third kappa shape index (κ3) is 3.07. The fourth-order valence-electron chi connectivity index (χ4n) is 1.69. The molecule has 0 bridgehead atoms. The van der Waals surface area contributed by atoms with Crippen molar-refractivity contribution in [1.82, 2.24) is 0 Å². The highest BCUT2D eigenvalue weighted by molar-refractivity contribution is 5.26. The number of hydrogen-bond donors (Lipinski definition) is 1. The van der Waals surface area contributed by atoms with Crippen LogP contribution < -0.4 is 5.73 Å². The molecule has 0 spiro atoms. The molecule has 1 rings (SSSR count). The van der Waals surface area contributed by atoms with Gasteiger partial charge >= 0.3 is 0 Å². The standard InChI is InChI=1S/C14H23N/c1-5-11(4)14(15)13-8-6-12(7-9-13)10(2)3/h6-11,14H,5,15H2,1-4H3. The van der Waals surface area contributed by atoms with Crippen molar-refractivity contribution in [3.63, 3.8) is 0 Å². The third-order valence-corrected chi connectivity index (χ3v) is 3.25. The highest BCUT2D eigenvalue weighted by Gasteiger charge is 2.12. The third-order valence-electron chi connectivity index (χ3n) is 3.25. The number of benzene rings is 1. The summed E-state index contributed by atoms with van der Waals surface area (Å²) in [5.41, 5.74) is 8.82. The maximum Gasteiger partial charge on any atom is 0.0320 e. The molecule has 15 heavy (non-hydrogen) atoms. The Hall–Kier alpha value is -0.820. The molecule has 2 N–H and O–H groups in total. The Labute approximate surface area is 93.7 Å². The smallest absolute Gasteiger partial charge is 0.0320 e. The maximum absolute atomic E-state index is 6.18. The van der Waals surface area contributed by atoms with Gasteiger partial charge in [-0.3, -0.25) is 0 Å². The van der Waals surface area contributed by atoms with E-state index in [0.29, 0.717) is 11.8 Å². The molecule has 84 valence electrons. The minimum Gasteiger partial charge on any atom is -0.324 e. The van der Waals surface area contributed by atoms with E-state index in [1.54, 1.807) is 0 Å². The summed E-state index contributed by atoms with van der Waals surface area (Å²) >= 11 is 0. The van der Waals surface area contributed by atoms with Gasteiger partial charge in [0.15, 0.2) is 0 Å². The van der Waals surface area contributed by atoms with E-state index in [1.165, 1.54) is 11.1 Å². The van der Waals surface area contributed by atoms with Crippen LogP contribution in [0.15, 0.2) is 24.3 Å². The van der Waals surface area contributed by atoms with Crippen molar-refractivity contribution in [2.24, 2.45) is 11.7 Å². The summed E-state index contributed by atoms with van der Waals surface area (Å²) in [4.78, 5) is 0. The van der Waals surface area contributed by atoms with Crippen molar-refractivity contribution in [1.29, 1.82) is 0 Å². The second kappa shape index (κ2) is 5.32. The fourth-order valence-corrected chi connectivity index (χ4v) is 1.69. The van der Waals surface area contributed by atoms with Crippen LogP contribution in [0.3, 0.4) is 0 Å². The van der Waals surface area contributed by atoms with E-state index >= 15 is 0 Å². The van der Waals surface area contributed by atoms with Gasteiger partial charge in [0, 0.05) is 6.04 Å². The van der Waals surface area contributed by atoms with E-state index in [2.05, 4.69) is 52.0 Å². The van der Waals surface area contributed by atoms with Crippen molar-refractivity contribution < 1.29 is 0 Å². The molecule has 0 aliphatic carbocycles. The van der Waals surface area contributed by atoms with Crippen LogP contribution in [0.4, 0.5) is 0 Å². The van der Waals surface area contributed by atoms with E-state index in [4.69, 9.17) is 5.73 Å². The SMILES string of the molecule is CCC(C)C(N)c1ccc(C(C)C)cc1. The summed E-state index contributed by atoms with van der Waals surface area (Å²) in [5, 5.41) is 0. The molecule has 0 aliphatic rings. The van der Waals surface area contributed by atoms with Crippen molar-refractivity contribution >= 4 is 0 Å². The average molecular weight is 205 g/mol. The Morgan fingerprint density at radius 3 is 1.87 bits per heavy atom. The van der Waals surface area contributed by atoms with Gasteiger partial charge in [0.25, 0.3) is 0 Å². The van der Waals surface area contributed by atoms with Crippen LogP contribution in [-0.4, -0.2) is 0 Å². The molecule has 0 heterocycles. The molecule has 0 aromatic heterocycles. The van der Waals surface area contributed by atoms with Crippen LogP contribution in [0.2, 0.25) is 0 Å². The van der Waals surface area contributed by atoms with E-state index < -0.39 is 0 Å². The lowest BCUT2D eigenvalue weighted by atomic mass is 9.92. The van der Waals surface area contributed by atoms with Gasteiger partial charge < -0.3 is 5.73 Å². The predicted molar refractivity (Wildman–Crippen MR) is 66.9 cm³/mol. The van der Waals surface area contributed by atoms with E-state index in [-0.39, 0.29) is 6.04 Å². The van der Waals surface area contributed by atoms with Crippen LogP contribution in [0.1, 0.15) is 57.2 Å². The topological polar surface area (TPSA) is 26.0 Å². The minimum absolute atomic E-state index is 0.177. The first kappa shape index (κ1) is 12.3. The van der Waals surface area contributed by atoms with Crippen LogP contribution in [0.5, 0.6) is 0 Å². The summed E-state index contributed by atoms with van der Waals surface area (Å²) in [6.07, 6.45) is 1.13. The Morgan fingerprint density at radius 2 is 1.47 bits per heavy atom. The second-order valence-electron chi connectivity index (χ2n) is 4.73. The zero-order valence-corrected chi connectivity index (χ0v) is 10.3. The van der Waals surface area contributed by atoms with Crippen molar-refractivity contribution in [3.8, 4) is 0 Å². The molecule has 1 heteroatoms. The molecular weight excluding hydrogens is 182 g/mol. The molecule has 1 nitrogen and oxygen atoms in total. The molecule has 1 aromatic rings. The molecule has 2 unspecified atom stereocenters. The fraction of sp³-hybridized carbons (Fsp3) is 0.571. The molecule has 0 radical (unpaired) electrons. The van der Waals surface area contributed by atoms with Gasteiger partial charge in [-0.1, -0.05) is 58.4 Å². The van der Waals surface area contributed by atoms with Gasteiger partial charge in [-0.2, -0.15) is 0 Å². The quantitative estimate of drug-likeness (QED) is 0.793. The van der Waals surface area contributed by atoms with Crippen LogP contribution in [0, 0.1) is 5.92 Å². The Kier molecular flexibility index (Phi) is 4.34. The molecule has 2 atom stereocenters. The van der Waals surface area contributed by atoms with Crippen LogP contribution in [-0.2, 0) is 0 Å². The lowest BCUT2D eigenvalue weighted by Gasteiger charge is -2.19. The average Bonchev–Trinajstić information content (AvgIpc) is 2.27. The number of hydrogen-bond acceptors (Lipinski definition) is 1. The first-order valence-corrected chi connectivity index (χ1v) is 5.91. The van der Waals surface area contributed by atoms with Crippen LogP contribution >= 0.6 is 0 Å². The molecule has 0 saturated heterocycles. The van der Waals surface area contributed by atoms with Gasteiger partial charge in [-0.25, -0.2) is 0 Å². The lowest BCUT2D eigenvalue weighted by molar-refractivity contribution is 0.457. The highest BCUT2D eigenvalue weighted by atomic mass is 14.6. The summed E-state index contributed by atoms with van der Waals surface area (Å²) in [7, 11) is 0. The molecule has 0 amide bonds. The summed E-state index contributed by atoms with van der Waals surface area (Å²) in [6, 6.07) is 8.92. The van der Waals surface area contributed by atoms with Crippen molar-refractivity contribution in [2.75, 3.05) is 0 Å². The first-order chi connectivity index (χ1) is 7.06. The van der Waals surface area contributed by atoms with Gasteiger partial charge in [-0.05, 0) is 23.0 Å². The Balaban J connectivity index is 2.79. The number of nitrogens with two attached hydrogens (primary N) is 1. The van der Waals surface area contributed by atoms with Gasteiger partial charge in [-0.15, -0.1) is 0 Å². The second-order valence-corrected chi connectivity index (χ2v) is 4.73. The molecule has 0 saturated carbocycles. The van der Waals surface area contributed by atoms with E-state index in [9.17, 15) is 0 Å². The lowest BCUT2D eigenvalue weighted by Crippen LogP contribution is -2.18. The zero-order chi connectivity index (χ0) is 11.4. The minimum atomic E-state index is 0.177.